The molecule has 0 heterocycles. The Morgan fingerprint density at radius 3 is 2.00 bits per heavy atom. The second kappa shape index (κ2) is 6.11. The average Bonchev–Trinajstić information content (AvgIpc) is 2.08. The van der Waals surface area contributed by atoms with Crippen LogP contribution in [0.1, 0.15) is 34.1 Å². The molecule has 0 spiro atoms. The Hall–Kier alpha value is -0.740. The van der Waals surface area contributed by atoms with E-state index in [0.29, 0.717) is 6.42 Å². The van der Waals surface area contributed by atoms with E-state index in [4.69, 9.17) is 0 Å². The molecule has 0 aromatic carbocycles. The molecule has 2 nitrogen and oxygen atoms in total. The maximum atomic E-state index is 11.9. The van der Waals surface area contributed by atoms with Gasteiger partial charge in [-0.3, -0.25) is 4.79 Å². The molecular formula is C11H19F3O2. The van der Waals surface area contributed by atoms with Crippen LogP contribution in [0.2, 0.25) is 0 Å². The molecule has 0 fully saturated rings. The average molecular weight is 240 g/mol. The molecule has 1 atom stereocenters. The van der Waals surface area contributed by atoms with Gasteiger partial charge in [-0.2, -0.15) is 13.2 Å². The lowest BCUT2D eigenvalue weighted by molar-refractivity contribution is -0.190. The minimum absolute atomic E-state index is 0.0110. The smallest absolute Gasteiger partial charge is 0.422 e. The van der Waals surface area contributed by atoms with Crippen LogP contribution >= 0.6 is 0 Å². The van der Waals surface area contributed by atoms with Crippen LogP contribution in [0.3, 0.4) is 0 Å². The van der Waals surface area contributed by atoms with Gasteiger partial charge in [-0.25, -0.2) is 0 Å². The van der Waals surface area contributed by atoms with E-state index in [1.165, 1.54) is 0 Å². The van der Waals surface area contributed by atoms with E-state index >= 15 is 0 Å². The van der Waals surface area contributed by atoms with Gasteiger partial charge in [-0.15, -0.1) is 0 Å². The number of hydrogen-bond acceptors (Lipinski definition) is 2. The molecular weight excluding hydrogens is 221 g/mol. The summed E-state index contributed by atoms with van der Waals surface area (Å²) < 4.78 is 39.9. The van der Waals surface area contributed by atoms with Crippen molar-refractivity contribution in [3.63, 3.8) is 0 Å². The predicted octanol–water partition coefficient (Wildman–Crippen LogP) is 3.41. The Labute approximate surface area is 94.2 Å². The van der Waals surface area contributed by atoms with Crippen LogP contribution in [0.15, 0.2) is 0 Å². The van der Waals surface area contributed by atoms with Crippen molar-refractivity contribution in [2.45, 2.75) is 40.3 Å². The fourth-order valence-electron chi connectivity index (χ4n) is 1.41. The number of carbonyl (C=O) groups excluding carboxylic acids is 1. The lowest BCUT2D eigenvalue weighted by Crippen LogP contribution is -2.28. The van der Waals surface area contributed by atoms with Gasteiger partial charge >= 0.3 is 12.1 Å². The molecule has 0 bridgehead atoms. The Kier molecular flexibility index (Phi) is 5.83. The Morgan fingerprint density at radius 1 is 1.19 bits per heavy atom. The minimum Gasteiger partial charge on any atom is -0.456 e. The number of carbonyl (C=O) groups is 1. The van der Waals surface area contributed by atoms with Crippen LogP contribution in [0.4, 0.5) is 13.2 Å². The van der Waals surface area contributed by atoms with Gasteiger partial charge in [0.05, 0.1) is 5.92 Å². The molecule has 0 radical (unpaired) electrons. The predicted molar refractivity (Wildman–Crippen MR) is 54.8 cm³/mol. The van der Waals surface area contributed by atoms with E-state index in [2.05, 4.69) is 4.74 Å². The first kappa shape index (κ1) is 15.3. The zero-order valence-corrected chi connectivity index (χ0v) is 10.1. The molecule has 16 heavy (non-hydrogen) atoms. The van der Waals surface area contributed by atoms with E-state index in [1.54, 1.807) is 0 Å². The van der Waals surface area contributed by atoms with Crippen molar-refractivity contribution in [1.82, 2.24) is 0 Å². The number of alkyl halides is 3. The zero-order valence-electron chi connectivity index (χ0n) is 10.1. The van der Waals surface area contributed by atoms with Gasteiger partial charge in [0.25, 0.3) is 0 Å². The molecule has 0 aliphatic heterocycles. The van der Waals surface area contributed by atoms with Crippen molar-refractivity contribution in [2.24, 2.45) is 17.8 Å². The number of esters is 1. The van der Waals surface area contributed by atoms with E-state index in [1.807, 2.05) is 27.7 Å². The highest BCUT2D eigenvalue weighted by molar-refractivity contribution is 5.72. The molecule has 0 saturated carbocycles. The number of hydrogen-bond donors (Lipinski definition) is 0. The van der Waals surface area contributed by atoms with Gasteiger partial charge in [-0.05, 0) is 18.3 Å². The third-order valence-electron chi connectivity index (χ3n) is 2.21. The molecule has 0 aromatic heterocycles. The molecule has 1 unspecified atom stereocenters. The Bertz CT molecular complexity index is 222. The quantitative estimate of drug-likeness (QED) is 0.688. The minimum atomic E-state index is -4.45. The van der Waals surface area contributed by atoms with Gasteiger partial charge in [0, 0.05) is 0 Å². The van der Waals surface area contributed by atoms with Gasteiger partial charge < -0.3 is 4.74 Å². The summed E-state index contributed by atoms with van der Waals surface area (Å²) in [6, 6.07) is 0. The van der Waals surface area contributed by atoms with E-state index in [-0.39, 0.29) is 11.8 Å². The monoisotopic (exact) mass is 240 g/mol. The summed E-state index contributed by atoms with van der Waals surface area (Å²) in [6.45, 7) is 5.97. The molecule has 96 valence electrons. The van der Waals surface area contributed by atoms with Crippen LogP contribution in [0.5, 0.6) is 0 Å². The Balaban J connectivity index is 4.29. The first-order chi connectivity index (χ1) is 7.13. The number of halogens is 3. The largest absolute Gasteiger partial charge is 0.456 e. The molecule has 0 rings (SSSR count). The fourth-order valence-corrected chi connectivity index (χ4v) is 1.41. The maximum absolute atomic E-state index is 11.9. The van der Waals surface area contributed by atoms with Gasteiger partial charge in [0.15, 0.2) is 6.61 Å². The summed E-state index contributed by atoms with van der Waals surface area (Å²) >= 11 is 0. The molecule has 0 N–H and O–H groups in total. The SMILES string of the molecule is CC(C)CC(C(=O)OCC(F)(F)F)C(C)C. The maximum Gasteiger partial charge on any atom is 0.422 e. The Morgan fingerprint density at radius 2 is 1.69 bits per heavy atom. The lowest BCUT2D eigenvalue weighted by Gasteiger charge is -2.21. The molecule has 0 aliphatic carbocycles. The van der Waals surface area contributed by atoms with Crippen molar-refractivity contribution in [3.8, 4) is 0 Å². The van der Waals surface area contributed by atoms with Crippen LogP contribution in [0.25, 0.3) is 0 Å². The van der Waals surface area contributed by atoms with E-state index in [9.17, 15) is 18.0 Å². The van der Waals surface area contributed by atoms with Gasteiger partial charge in [0.1, 0.15) is 0 Å². The highest BCUT2D eigenvalue weighted by Gasteiger charge is 2.32. The summed E-state index contributed by atoms with van der Waals surface area (Å²) in [5, 5.41) is 0. The molecule has 0 aliphatic rings. The summed E-state index contributed by atoms with van der Waals surface area (Å²) in [6.07, 6.45) is -3.90. The third-order valence-corrected chi connectivity index (χ3v) is 2.21. The lowest BCUT2D eigenvalue weighted by atomic mass is 9.88. The van der Waals surface area contributed by atoms with Crippen LogP contribution < -0.4 is 0 Å². The topological polar surface area (TPSA) is 26.3 Å². The van der Waals surface area contributed by atoms with Crippen molar-refractivity contribution < 1.29 is 22.7 Å². The number of rotatable bonds is 5. The summed E-state index contributed by atoms with van der Waals surface area (Å²) in [4.78, 5) is 11.4. The van der Waals surface area contributed by atoms with Crippen LogP contribution in [-0.4, -0.2) is 18.8 Å². The second-order valence-corrected chi connectivity index (χ2v) is 4.70. The van der Waals surface area contributed by atoms with Gasteiger partial charge in [-0.1, -0.05) is 27.7 Å². The van der Waals surface area contributed by atoms with Crippen molar-refractivity contribution >= 4 is 5.97 Å². The summed E-state index contributed by atoms with van der Waals surface area (Å²) in [5.41, 5.74) is 0. The second-order valence-electron chi connectivity index (χ2n) is 4.70. The zero-order chi connectivity index (χ0) is 12.9. The number of ether oxygens (including phenoxy) is 1. The molecule has 0 aromatic rings. The fraction of sp³-hybridized carbons (Fsp3) is 0.909. The van der Waals surface area contributed by atoms with E-state index < -0.39 is 24.7 Å². The van der Waals surface area contributed by atoms with Crippen molar-refractivity contribution in [3.05, 3.63) is 0 Å². The first-order valence-corrected chi connectivity index (χ1v) is 5.37. The highest BCUT2D eigenvalue weighted by Crippen LogP contribution is 2.23. The molecule has 0 amide bonds. The van der Waals surface area contributed by atoms with Gasteiger partial charge in [0.2, 0.25) is 0 Å². The van der Waals surface area contributed by atoms with Crippen molar-refractivity contribution in [2.75, 3.05) is 6.61 Å². The normalized spacial score (nSPS) is 14.3. The van der Waals surface area contributed by atoms with E-state index in [0.717, 1.165) is 0 Å². The van der Waals surface area contributed by atoms with Crippen LogP contribution in [-0.2, 0) is 9.53 Å². The third kappa shape index (κ3) is 6.69. The summed E-state index contributed by atoms with van der Waals surface area (Å²) in [7, 11) is 0. The standard InChI is InChI=1S/C11H19F3O2/c1-7(2)5-9(8(3)4)10(15)16-6-11(12,13)14/h7-9H,5-6H2,1-4H3. The molecule has 0 saturated heterocycles. The van der Waals surface area contributed by atoms with Crippen LogP contribution in [0, 0.1) is 17.8 Å². The van der Waals surface area contributed by atoms with Crippen molar-refractivity contribution in [1.29, 1.82) is 0 Å². The highest BCUT2D eigenvalue weighted by atomic mass is 19.4. The summed E-state index contributed by atoms with van der Waals surface area (Å²) in [5.74, 6) is -0.961. The first-order valence-electron chi connectivity index (χ1n) is 5.37. The molecule has 5 heteroatoms.